The summed E-state index contributed by atoms with van der Waals surface area (Å²) in [5.74, 6) is 0. The highest BCUT2D eigenvalue weighted by Crippen LogP contribution is 2.38. The number of benzene rings is 6. The largest absolute Gasteiger partial charge is 0.309 e. The average Bonchev–Trinajstić information content (AvgIpc) is 3.54. The van der Waals surface area contributed by atoms with Crippen LogP contribution in [0.2, 0.25) is 0 Å². The Hall–Kier alpha value is -5.08. The Bertz CT molecular complexity index is 2170. The third-order valence-electron chi connectivity index (χ3n) is 8.82. The van der Waals surface area contributed by atoms with Crippen LogP contribution in [0.4, 0.5) is 0 Å². The van der Waals surface area contributed by atoms with Gasteiger partial charge < -0.3 is 9.13 Å². The summed E-state index contributed by atoms with van der Waals surface area (Å²) in [5.41, 5.74) is 9.75. The van der Waals surface area contributed by atoms with Crippen LogP contribution in [0.5, 0.6) is 0 Å². The van der Waals surface area contributed by atoms with E-state index in [1.165, 1.54) is 66.1 Å². The maximum atomic E-state index is 2.42. The van der Waals surface area contributed by atoms with Crippen molar-refractivity contribution in [2.45, 2.75) is 19.3 Å². The van der Waals surface area contributed by atoms with Crippen molar-refractivity contribution < 1.29 is 0 Å². The Morgan fingerprint density at radius 1 is 0.366 bits per heavy atom. The molecule has 2 heterocycles. The summed E-state index contributed by atoms with van der Waals surface area (Å²) in [6.45, 7) is 4.62. The van der Waals surface area contributed by atoms with Gasteiger partial charge in [0.25, 0.3) is 0 Å². The number of rotatable bonds is 4. The molecule has 0 radical (unpaired) electrons. The SMILES string of the molecule is CC(C)(c1ccccc1)c1cccc(-n2c3ccccc3c3cc(-n4c5ccccc5c5ccccc54)ccc32)c1. The summed E-state index contributed by atoms with van der Waals surface area (Å²) in [6.07, 6.45) is 0. The molecular weight excluding hydrogens is 496 g/mol. The summed E-state index contributed by atoms with van der Waals surface area (Å²) < 4.78 is 4.82. The van der Waals surface area contributed by atoms with E-state index in [4.69, 9.17) is 0 Å². The van der Waals surface area contributed by atoms with Gasteiger partial charge >= 0.3 is 0 Å². The van der Waals surface area contributed by atoms with Gasteiger partial charge in [0.15, 0.2) is 0 Å². The Kier molecular flexibility index (Phi) is 5.20. The molecule has 0 unspecified atom stereocenters. The van der Waals surface area contributed by atoms with Crippen molar-refractivity contribution in [3.05, 3.63) is 157 Å². The van der Waals surface area contributed by atoms with Crippen molar-refractivity contribution in [3.63, 3.8) is 0 Å². The fourth-order valence-electron chi connectivity index (χ4n) is 6.63. The first-order chi connectivity index (χ1) is 20.1. The number of aromatic nitrogens is 2. The van der Waals surface area contributed by atoms with E-state index in [1.807, 2.05) is 0 Å². The molecule has 6 aromatic carbocycles. The molecular formula is C39H30N2. The number of hydrogen-bond acceptors (Lipinski definition) is 0. The van der Waals surface area contributed by atoms with Crippen LogP contribution in [0.3, 0.4) is 0 Å². The zero-order valence-electron chi connectivity index (χ0n) is 23.3. The summed E-state index contributed by atoms with van der Waals surface area (Å²) in [7, 11) is 0. The quantitative estimate of drug-likeness (QED) is 0.216. The van der Waals surface area contributed by atoms with Gasteiger partial charge in [-0.05, 0) is 59.7 Å². The van der Waals surface area contributed by atoms with Gasteiger partial charge in [0.05, 0.1) is 22.1 Å². The second-order valence-corrected chi connectivity index (χ2v) is 11.5. The minimum atomic E-state index is -0.111. The monoisotopic (exact) mass is 526 g/mol. The number of fused-ring (bicyclic) bond motifs is 6. The van der Waals surface area contributed by atoms with E-state index in [0.717, 1.165) is 0 Å². The molecule has 0 spiro atoms. The van der Waals surface area contributed by atoms with E-state index in [-0.39, 0.29) is 5.41 Å². The highest BCUT2D eigenvalue weighted by Gasteiger charge is 2.24. The Morgan fingerprint density at radius 2 is 0.829 bits per heavy atom. The lowest BCUT2D eigenvalue weighted by Gasteiger charge is -2.27. The number of hydrogen-bond donors (Lipinski definition) is 0. The second kappa shape index (κ2) is 8.97. The third kappa shape index (κ3) is 3.57. The molecule has 0 bridgehead atoms. The molecule has 2 heteroatoms. The van der Waals surface area contributed by atoms with Crippen molar-refractivity contribution in [1.82, 2.24) is 9.13 Å². The van der Waals surface area contributed by atoms with Crippen molar-refractivity contribution >= 4 is 43.6 Å². The van der Waals surface area contributed by atoms with Crippen molar-refractivity contribution in [3.8, 4) is 11.4 Å². The van der Waals surface area contributed by atoms with Crippen LogP contribution >= 0.6 is 0 Å². The first-order valence-corrected chi connectivity index (χ1v) is 14.3. The molecule has 2 nitrogen and oxygen atoms in total. The molecule has 0 N–H and O–H groups in total. The molecule has 0 aliphatic carbocycles. The van der Waals surface area contributed by atoms with E-state index in [0.29, 0.717) is 0 Å². The highest BCUT2D eigenvalue weighted by molar-refractivity contribution is 6.12. The van der Waals surface area contributed by atoms with Crippen molar-refractivity contribution in [2.75, 3.05) is 0 Å². The van der Waals surface area contributed by atoms with Gasteiger partial charge in [-0.15, -0.1) is 0 Å². The average molecular weight is 527 g/mol. The molecule has 41 heavy (non-hydrogen) atoms. The van der Waals surface area contributed by atoms with Crippen LogP contribution < -0.4 is 0 Å². The molecule has 0 fully saturated rings. The van der Waals surface area contributed by atoms with Crippen LogP contribution in [0.1, 0.15) is 25.0 Å². The fourth-order valence-corrected chi connectivity index (χ4v) is 6.63. The lowest BCUT2D eigenvalue weighted by atomic mass is 9.78. The van der Waals surface area contributed by atoms with E-state index in [9.17, 15) is 0 Å². The summed E-state index contributed by atoms with van der Waals surface area (Å²) in [4.78, 5) is 0. The number of nitrogens with zero attached hydrogens (tertiary/aromatic N) is 2. The predicted molar refractivity (Wildman–Crippen MR) is 174 cm³/mol. The first kappa shape index (κ1) is 23.8. The highest BCUT2D eigenvalue weighted by atomic mass is 15.0. The van der Waals surface area contributed by atoms with Gasteiger partial charge in [0, 0.05) is 38.3 Å². The predicted octanol–water partition coefficient (Wildman–Crippen LogP) is 10.2. The Balaban J connectivity index is 1.36. The van der Waals surface area contributed by atoms with E-state index in [2.05, 4.69) is 169 Å². The molecule has 0 saturated heterocycles. The van der Waals surface area contributed by atoms with Gasteiger partial charge in [-0.3, -0.25) is 0 Å². The van der Waals surface area contributed by atoms with Gasteiger partial charge in [-0.25, -0.2) is 0 Å². The van der Waals surface area contributed by atoms with E-state index < -0.39 is 0 Å². The smallest absolute Gasteiger partial charge is 0.0542 e. The molecule has 0 amide bonds. The maximum absolute atomic E-state index is 2.42. The fraction of sp³-hybridized carbons (Fsp3) is 0.0769. The summed E-state index contributed by atoms with van der Waals surface area (Å²) in [6, 6.07) is 53.0. The molecule has 8 aromatic rings. The van der Waals surface area contributed by atoms with Crippen LogP contribution in [0, 0.1) is 0 Å². The standard InChI is InChI=1S/C39H30N2/c1-39(2,27-13-4-3-5-14-27)28-15-12-16-29(25-28)40-37-22-11-8-19-33(37)34-26-30(23-24-38(34)40)41-35-20-9-6-17-31(35)32-18-7-10-21-36(32)41/h3-26H,1-2H3. The molecule has 2 aromatic heterocycles. The van der Waals surface area contributed by atoms with Crippen LogP contribution in [-0.4, -0.2) is 9.13 Å². The minimum absolute atomic E-state index is 0.111. The molecule has 0 atom stereocenters. The molecule has 0 saturated carbocycles. The maximum Gasteiger partial charge on any atom is 0.0542 e. The third-order valence-corrected chi connectivity index (χ3v) is 8.82. The zero-order chi connectivity index (χ0) is 27.6. The van der Waals surface area contributed by atoms with Crippen molar-refractivity contribution in [2.24, 2.45) is 0 Å². The lowest BCUT2D eigenvalue weighted by Crippen LogP contribution is -2.19. The van der Waals surface area contributed by atoms with Crippen LogP contribution in [0.25, 0.3) is 55.0 Å². The molecule has 8 rings (SSSR count). The van der Waals surface area contributed by atoms with E-state index >= 15 is 0 Å². The molecule has 196 valence electrons. The van der Waals surface area contributed by atoms with Gasteiger partial charge in [-0.2, -0.15) is 0 Å². The van der Waals surface area contributed by atoms with Gasteiger partial charge in [0.1, 0.15) is 0 Å². The first-order valence-electron chi connectivity index (χ1n) is 14.3. The topological polar surface area (TPSA) is 9.86 Å². The number of para-hydroxylation sites is 3. The molecule has 0 aliphatic rings. The van der Waals surface area contributed by atoms with Crippen LogP contribution in [0.15, 0.2) is 146 Å². The van der Waals surface area contributed by atoms with Crippen molar-refractivity contribution in [1.29, 1.82) is 0 Å². The van der Waals surface area contributed by atoms with Crippen LogP contribution in [-0.2, 0) is 5.41 Å². The van der Waals surface area contributed by atoms with Gasteiger partial charge in [-0.1, -0.05) is 111 Å². The second-order valence-electron chi connectivity index (χ2n) is 11.5. The lowest BCUT2D eigenvalue weighted by molar-refractivity contribution is 0.640. The van der Waals surface area contributed by atoms with E-state index in [1.54, 1.807) is 0 Å². The Labute approximate surface area is 239 Å². The summed E-state index contributed by atoms with van der Waals surface area (Å²) in [5, 5.41) is 5.08. The minimum Gasteiger partial charge on any atom is -0.309 e. The summed E-state index contributed by atoms with van der Waals surface area (Å²) >= 11 is 0. The Morgan fingerprint density at radius 3 is 1.44 bits per heavy atom. The normalized spacial score (nSPS) is 12.1. The van der Waals surface area contributed by atoms with Gasteiger partial charge in [0.2, 0.25) is 0 Å². The zero-order valence-corrected chi connectivity index (χ0v) is 23.3. The molecule has 0 aliphatic heterocycles.